The van der Waals surface area contributed by atoms with Crippen molar-refractivity contribution in [1.29, 1.82) is 0 Å². The van der Waals surface area contributed by atoms with Crippen molar-refractivity contribution < 1.29 is 9.84 Å². The van der Waals surface area contributed by atoms with Crippen LogP contribution >= 0.6 is 0 Å². The minimum atomic E-state index is -0.581. The minimum Gasteiger partial charge on any atom is -0.493 e. The van der Waals surface area contributed by atoms with Crippen molar-refractivity contribution in [1.82, 2.24) is 14.7 Å². The van der Waals surface area contributed by atoms with E-state index in [1.165, 1.54) is 12.8 Å². The van der Waals surface area contributed by atoms with E-state index >= 15 is 0 Å². The van der Waals surface area contributed by atoms with E-state index < -0.39 is 6.10 Å². The Balaban J connectivity index is 2.42. The summed E-state index contributed by atoms with van der Waals surface area (Å²) in [5.41, 5.74) is 0.590. The number of aromatic nitrogens is 2. The summed E-state index contributed by atoms with van der Waals surface area (Å²) < 4.78 is 7.29. The van der Waals surface area contributed by atoms with Crippen LogP contribution < -0.4 is 4.74 Å². The van der Waals surface area contributed by atoms with Crippen LogP contribution in [0.5, 0.6) is 5.75 Å². The van der Waals surface area contributed by atoms with Crippen molar-refractivity contribution in [3.8, 4) is 5.75 Å². The largest absolute Gasteiger partial charge is 0.493 e. The van der Waals surface area contributed by atoms with Gasteiger partial charge in [0.05, 0.1) is 18.8 Å². The zero-order valence-electron chi connectivity index (χ0n) is 13.8. The van der Waals surface area contributed by atoms with Crippen LogP contribution in [0, 0.1) is 0 Å². The fourth-order valence-electron chi connectivity index (χ4n) is 3.74. The van der Waals surface area contributed by atoms with Gasteiger partial charge in [0.25, 0.3) is 0 Å². The molecule has 1 unspecified atom stereocenters. The molecular formula is C16H29N3O2. The maximum absolute atomic E-state index is 11.2. The van der Waals surface area contributed by atoms with Gasteiger partial charge in [-0.25, -0.2) is 0 Å². The normalized spacial score (nSPS) is 18.1. The first kappa shape index (κ1) is 16.3. The second-order valence-corrected chi connectivity index (χ2v) is 5.82. The second kappa shape index (κ2) is 6.79. The van der Waals surface area contributed by atoms with Gasteiger partial charge in [0.2, 0.25) is 0 Å². The Hall–Kier alpha value is -1.07. The van der Waals surface area contributed by atoms with Gasteiger partial charge in [-0.15, -0.1) is 0 Å². The molecular weight excluding hydrogens is 266 g/mol. The Kier molecular flexibility index (Phi) is 5.27. The number of hydrogen-bond acceptors (Lipinski definition) is 4. The molecule has 0 aromatic carbocycles. The van der Waals surface area contributed by atoms with E-state index in [0.717, 1.165) is 38.2 Å². The maximum Gasteiger partial charge on any atom is 0.162 e. The Bertz CT molecular complexity index is 427. The number of nitrogens with zero attached hydrogens (tertiary/aromatic N) is 3. The van der Waals surface area contributed by atoms with Crippen molar-refractivity contribution in [2.24, 2.45) is 0 Å². The number of rotatable bonds is 7. The van der Waals surface area contributed by atoms with Gasteiger partial charge in [-0.3, -0.25) is 9.58 Å². The second-order valence-electron chi connectivity index (χ2n) is 5.82. The number of aliphatic hydroxyl groups excluding tert-OH is 1. The maximum atomic E-state index is 11.2. The Labute approximate surface area is 127 Å². The number of ether oxygens (including phenoxy) is 1. The van der Waals surface area contributed by atoms with Gasteiger partial charge in [0.15, 0.2) is 5.75 Å². The molecule has 1 aromatic heterocycles. The standard InChI is InChI=1S/C16H29N3O2/c1-5-16(6-2,18-10-8-9-11-18)15(20)14-13(21-4)12-17-19(14)7-3/h12,15,20H,5-11H2,1-4H3. The molecule has 2 rings (SSSR count). The fraction of sp³-hybridized carbons (Fsp3) is 0.812. The molecule has 0 amide bonds. The first-order chi connectivity index (χ1) is 10.1. The first-order valence-electron chi connectivity index (χ1n) is 8.17. The monoisotopic (exact) mass is 295 g/mol. The van der Waals surface area contributed by atoms with E-state index in [1.54, 1.807) is 13.3 Å². The molecule has 1 atom stereocenters. The Morgan fingerprint density at radius 2 is 1.90 bits per heavy atom. The lowest BCUT2D eigenvalue weighted by Gasteiger charge is -2.44. The van der Waals surface area contributed by atoms with Gasteiger partial charge in [-0.1, -0.05) is 13.8 Å². The molecule has 21 heavy (non-hydrogen) atoms. The van der Waals surface area contributed by atoms with Gasteiger partial charge in [-0.05, 0) is 45.7 Å². The van der Waals surface area contributed by atoms with E-state index in [0.29, 0.717) is 5.75 Å². The summed E-state index contributed by atoms with van der Waals surface area (Å²) in [4.78, 5) is 2.46. The number of methoxy groups -OCH3 is 1. The van der Waals surface area contributed by atoms with Crippen molar-refractivity contribution in [3.05, 3.63) is 11.9 Å². The molecule has 0 radical (unpaired) electrons. The lowest BCUT2D eigenvalue weighted by Crippen LogP contribution is -2.51. The number of aliphatic hydroxyl groups is 1. The van der Waals surface area contributed by atoms with Crippen LogP contribution in [0.1, 0.15) is 58.3 Å². The lowest BCUT2D eigenvalue weighted by molar-refractivity contribution is -0.0348. The molecule has 1 aliphatic heterocycles. The zero-order chi connectivity index (χ0) is 15.5. The molecule has 2 heterocycles. The summed E-state index contributed by atoms with van der Waals surface area (Å²) in [5, 5.41) is 15.6. The number of likely N-dealkylation sites (tertiary alicyclic amines) is 1. The van der Waals surface area contributed by atoms with Crippen LogP contribution in [-0.2, 0) is 6.54 Å². The highest BCUT2D eigenvalue weighted by atomic mass is 16.5. The highest BCUT2D eigenvalue weighted by Gasteiger charge is 2.44. The summed E-state index contributed by atoms with van der Waals surface area (Å²) in [6.45, 7) is 9.26. The molecule has 0 spiro atoms. The Morgan fingerprint density at radius 1 is 1.29 bits per heavy atom. The Morgan fingerprint density at radius 3 is 2.38 bits per heavy atom. The molecule has 1 aromatic rings. The summed E-state index contributed by atoms with van der Waals surface area (Å²) >= 11 is 0. The average molecular weight is 295 g/mol. The van der Waals surface area contributed by atoms with Gasteiger partial charge in [0, 0.05) is 6.54 Å². The molecule has 120 valence electrons. The summed E-state index contributed by atoms with van der Waals surface area (Å²) in [7, 11) is 1.64. The summed E-state index contributed by atoms with van der Waals surface area (Å²) in [5.74, 6) is 0.690. The van der Waals surface area contributed by atoms with Crippen molar-refractivity contribution in [2.45, 2.75) is 64.6 Å². The third kappa shape index (κ3) is 2.69. The van der Waals surface area contributed by atoms with Crippen LogP contribution in [0.25, 0.3) is 0 Å². The van der Waals surface area contributed by atoms with Crippen molar-refractivity contribution in [2.75, 3.05) is 20.2 Å². The van der Waals surface area contributed by atoms with E-state index in [9.17, 15) is 5.11 Å². The molecule has 5 nitrogen and oxygen atoms in total. The van der Waals surface area contributed by atoms with Gasteiger partial charge in [-0.2, -0.15) is 5.10 Å². The topological polar surface area (TPSA) is 50.5 Å². The minimum absolute atomic E-state index is 0.225. The molecule has 0 aliphatic carbocycles. The average Bonchev–Trinajstić information content (AvgIpc) is 3.18. The first-order valence-corrected chi connectivity index (χ1v) is 8.17. The smallest absolute Gasteiger partial charge is 0.162 e. The SMILES string of the molecule is CCn1ncc(OC)c1C(O)C(CC)(CC)N1CCCC1. The fourth-order valence-corrected chi connectivity index (χ4v) is 3.74. The predicted molar refractivity (Wildman–Crippen MR) is 83.5 cm³/mol. The summed E-state index contributed by atoms with van der Waals surface area (Å²) in [6, 6.07) is 0. The van der Waals surface area contributed by atoms with Crippen LogP contribution in [0.4, 0.5) is 0 Å². The van der Waals surface area contributed by atoms with E-state index in [1.807, 2.05) is 11.6 Å². The molecule has 1 saturated heterocycles. The number of hydrogen-bond donors (Lipinski definition) is 1. The van der Waals surface area contributed by atoms with E-state index in [-0.39, 0.29) is 5.54 Å². The molecule has 1 fully saturated rings. The van der Waals surface area contributed by atoms with Crippen LogP contribution in [0.15, 0.2) is 6.20 Å². The van der Waals surface area contributed by atoms with Crippen LogP contribution in [-0.4, -0.2) is 45.5 Å². The van der Waals surface area contributed by atoms with Crippen LogP contribution in [0.2, 0.25) is 0 Å². The van der Waals surface area contributed by atoms with E-state index in [4.69, 9.17) is 4.74 Å². The quantitative estimate of drug-likeness (QED) is 0.840. The zero-order valence-corrected chi connectivity index (χ0v) is 13.8. The van der Waals surface area contributed by atoms with Crippen molar-refractivity contribution in [3.63, 3.8) is 0 Å². The molecule has 5 heteroatoms. The van der Waals surface area contributed by atoms with E-state index in [2.05, 4.69) is 23.8 Å². The van der Waals surface area contributed by atoms with Crippen LogP contribution in [0.3, 0.4) is 0 Å². The highest BCUT2D eigenvalue weighted by molar-refractivity contribution is 5.30. The lowest BCUT2D eigenvalue weighted by atomic mass is 9.82. The van der Waals surface area contributed by atoms with Gasteiger partial charge >= 0.3 is 0 Å². The van der Waals surface area contributed by atoms with Gasteiger partial charge in [0.1, 0.15) is 11.8 Å². The van der Waals surface area contributed by atoms with Gasteiger partial charge < -0.3 is 9.84 Å². The summed E-state index contributed by atoms with van der Waals surface area (Å²) in [6.07, 6.45) is 5.41. The molecule has 1 N–H and O–H groups in total. The highest BCUT2D eigenvalue weighted by Crippen LogP contribution is 2.42. The van der Waals surface area contributed by atoms with Crippen molar-refractivity contribution >= 4 is 0 Å². The number of aryl methyl sites for hydroxylation is 1. The molecule has 0 saturated carbocycles. The molecule has 0 bridgehead atoms. The molecule has 1 aliphatic rings. The third-order valence-corrected chi connectivity index (χ3v) is 5.09. The predicted octanol–water partition coefficient (Wildman–Crippen LogP) is 2.60. The third-order valence-electron chi connectivity index (χ3n) is 5.09.